The van der Waals surface area contributed by atoms with Crippen molar-refractivity contribution in [2.45, 2.75) is 58.7 Å². The Hall–Kier alpha value is -1.51. The van der Waals surface area contributed by atoms with Crippen molar-refractivity contribution in [2.24, 2.45) is 5.92 Å². The molecule has 0 saturated heterocycles. The maximum absolute atomic E-state index is 12.0. The monoisotopic (exact) mass is 276 g/mol. The number of aryl methyl sites for hydroxylation is 1. The van der Waals surface area contributed by atoms with E-state index in [1.807, 2.05) is 45.0 Å². The van der Waals surface area contributed by atoms with E-state index in [4.69, 9.17) is 9.47 Å². The first-order valence-corrected chi connectivity index (χ1v) is 7.49. The summed E-state index contributed by atoms with van der Waals surface area (Å²) in [5, 5.41) is 0. The molecule has 0 radical (unpaired) electrons. The van der Waals surface area contributed by atoms with Crippen LogP contribution in [0.5, 0.6) is 5.75 Å². The zero-order chi connectivity index (χ0) is 14.5. The number of hydrogen-bond donors (Lipinski definition) is 0. The number of ether oxygens (including phenoxy) is 2. The Labute approximate surface area is 121 Å². The first-order chi connectivity index (χ1) is 9.56. The molecule has 0 unspecified atom stereocenters. The molecule has 1 fully saturated rings. The lowest BCUT2D eigenvalue weighted by atomic mass is 9.87. The Kier molecular flexibility index (Phi) is 5.05. The molecule has 0 heterocycles. The number of carbonyl (C=O) groups excluding carboxylic acids is 1. The van der Waals surface area contributed by atoms with Gasteiger partial charge in [0.2, 0.25) is 0 Å². The molecule has 1 aliphatic rings. The summed E-state index contributed by atoms with van der Waals surface area (Å²) in [6.07, 6.45) is 3.79. The van der Waals surface area contributed by atoms with E-state index in [9.17, 15) is 4.79 Å². The summed E-state index contributed by atoms with van der Waals surface area (Å²) in [5.74, 6) is 0.841. The summed E-state index contributed by atoms with van der Waals surface area (Å²) in [6, 6.07) is 8.02. The van der Waals surface area contributed by atoms with E-state index in [0.717, 1.165) is 37.0 Å². The molecule has 0 N–H and O–H groups in total. The minimum absolute atomic E-state index is 0.0137. The summed E-state index contributed by atoms with van der Waals surface area (Å²) >= 11 is 0. The van der Waals surface area contributed by atoms with E-state index >= 15 is 0 Å². The molecule has 1 aromatic carbocycles. The van der Waals surface area contributed by atoms with Crippen LogP contribution in [-0.4, -0.2) is 18.2 Å². The summed E-state index contributed by atoms with van der Waals surface area (Å²) in [4.78, 5) is 12.0. The van der Waals surface area contributed by atoms with Gasteiger partial charge in [0.05, 0.1) is 18.1 Å². The smallest absolute Gasteiger partial charge is 0.309 e. The second-order valence-electron chi connectivity index (χ2n) is 5.85. The summed E-state index contributed by atoms with van der Waals surface area (Å²) < 4.78 is 11.4. The topological polar surface area (TPSA) is 35.5 Å². The largest absolute Gasteiger partial charge is 0.490 e. The zero-order valence-corrected chi connectivity index (χ0v) is 12.6. The Morgan fingerprint density at radius 1 is 1.25 bits per heavy atom. The van der Waals surface area contributed by atoms with Gasteiger partial charge in [0.15, 0.2) is 0 Å². The Balaban J connectivity index is 1.94. The Morgan fingerprint density at radius 2 is 2.00 bits per heavy atom. The predicted octanol–water partition coefficient (Wildman–Crippen LogP) is 3.88. The van der Waals surface area contributed by atoms with E-state index < -0.39 is 0 Å². The van der Waals surface area contributed by atoms with Gasteiger partial charge in [-0.25, -0.2) is 0 Å². The van der Waals surface area contributed by atoms with Crippen LogP contribution in [-0.2, 0) is 9.53 Å². The van der Waals surface area contributed by atoms with Gasteiger partial charge in [-0.1, -0.05) is 18.2 Å². The van der Waals surface area contributed by atoms with Crippen LogP contribution in [0.1, 0.15) is 45.1 Å². The normalized spacial score (nSPS) is 22.6. The molecule has 20 heavy (non-hydrogen) atoms. The maximum atomic E-state index is 12.0. The van der Waals surface area contributed by atoms with Crippen LogP contribution in [0.4, 0.5) is 0 Å². The molecule has 0 amide bonds. The van der Waals surface area contributed by atoms with E-state index in [0.29, 0.717) is 0 Å². The average molecular weight is 276 g/mol. The van der Waals surface area contributed by atoms with E-state index in [2.05, 4.69) is 0 Å². The number of esters is 1. The molecule has 2 rings (SSSR count). The van der Waals surface area contributed by atoms with Crippen molar-refractivity contribution in [3.05, 3.63) is 29.8 Å². The predicted molar refractivity (Wildman–Crippen MR) is 78.8 cm³/mol. The van der Waals surface area contributed by atoms with Gasteiger partial charge in [0.1, 0.15) is 5.75 Å². The molecule has 3 nitrogen and oxygen atoms in total. The highest BCUT2D eigenvalue weighted by Gasteiger charge is 2.30. The molecule has 0 spiro atoms. The van der Waals surface area contributed by atoms with Gasteiger partial charge >= 0.3 is 5.97 Å². The molecule has 110 valence electrons. The van der Waals surface area contributed by atoms with E-state index in [-0.39, 0.29) is 24.1 Å². The zero-order valence-electron chi connectivity index (χ0n) is 12.6. The average Bonchev–Trinajstić information content (AvgIpc) is 2.41. The van der Waals surface area contributed by atoms with Crippen molar-refractivity contribution in [2.75, 3.05) is 0 Å². The molecule has 2 atom stereocenters. The number of rotatable bonds is 4. The van der Waals surface area contributed by atoms with Gasteiger partial charge in [-0.05, 0) is 58.1 Å². The minimum atomic E-state index is -0.0712. The molecule has 0 aliphatic heterocycles. The lowest BCUT2D eigenvalue weighted by Gasteiger charge is -2.29. The minimum Gasteiger partial charge on any atom is -0.490 e. The van der Waals surface area contributed by atoms with Gasteiger partial charge in [0.25, 0.3) is 0 Å². The van der Waals surface area contributed by atoms with Crippen LogP contribution in [0.15, 0.2) is 24.3 Å². The molecule has 0 bridgehead atoms. The van der Waals surface area contributed by atoms with Crippen LogP contribution in [0.2, 0.25) is 0 Å². The first kappa shape index (κ1) is 14.9. The second kappa shape index (κ2) is 6.78. The summed E-state index contributed by atoms with van der Waals surface area (Å²) in [7, 11) is 0. The molecule has 1 aromatic rings. The molecule has 1 saturated carbocycles. The lowest BCUT2D eigenvalue weighted by molar-refractivity contribution is -0.154. The highest BCUT2D eigenvalue weighted by Crippen LogP contribution is 2.30. The van der Waals surface area contributed by atoms with Crippen LogP contribution in [0.3, 0.4) is 0 Å². The third-order valence-corrected chi connectivity index (χ3v) is 3.70. The van der Waals surface area contributed by atoms with Crippen molar-refractivity contribution in [1.29, 1.82) is 0 Å². The third kappa shape index (κ3) is 3.99. The van der Waals surface area contributed by atoms with Gasteiger partial charge in [-0.2, -0.15) is 0 Å². The van der Waals surface area contributed by atoms with Crippen molar-refractivity contribution >= 4 is 5.97 Å². The van der Waals surface area contributed by atoms with Crippen LogP contribution < -0.4 is 4.74 Å². The summed E-state index contributed by atoms with van der Waals surface area (Å²) in [6.45, 7) is 5.83. The molecule has 1 aliphatic carbocycles. The van der Waals surface area contributed by atoms with E-state index in [1.54, 1.807) is 0 Å². The van der Waals surface area contributed by atoms with Crippen molar-refractivity contribution < 1.29 is 14.3 Å². The second-order valence-corrected chi connectivity index (χ2v) is 5.85. The lowest BCUT2D eigenvalue weighted by Crippen LogP contribution is -2.31. The fraction of sp³-hybridized carbons (Fsp3) is 0.588. The van der Waals surface area contributed by atoms with Crippen molar-refractivity contribution in [1.82, 2.24) is 0 Å². The quantitative estimate of drug-likeness (QED) is 0.783. The number of carbonyl (C=O) groups is 1. The first-order valence-electron chi connectivity index (χ1n) is 7.49. The highest BCUT2D eigenvalue weighted by atomic mass is 16.5. The summed E-state index contributed by atoms with van der Waals surface area (Å²) in [5.41, 5.74) is 1.14. The fourth-order valence-corrected chi connectivity index (χ4v) is 2.66. The molecular formula is C17H24O3. The molecule has 0 aromatic heterocycles. The Bertz CT molecular complexity index is 453. The number of benzene rings is 1. The van der Waals surface area contributed by atoms with E-state index in [1.165, 1.54) is 0 Å². The van der Waals surface area contributed by atoms with Gasteiger partial charge < -0.3 is 9.47 Å². The van der Waals surface area contributed by atoms with Crippen molar-refractivity contribution in [3.63, 3.8) is 0 Å². The fourth-order valence-electron chi connectivity index (χ4n) is 2.66. The molecular weight excluding hydrogens is 252 g/mol. The van der Waals surface area contributed by atoms with Crippen LogP contribution >= 0.6 is 0 Å². The molecule has 3 heteroatoms. The maximum Gasteiger partial charge on any atom is 0.309 e. The number of para-hydroxylation sites is 1. The van der Waals surface area contributed by atoms with Crippen molar-refractivity contribution in [3.8, 4) is 5.75 Å². The van der Waals surface area contributed by atoms with Gasteiger partial charge in [-0.15, -0.1) is 0 Å². The van der Waals surface area contributed by atoms with Crippen LogP contribution in [0.25, 0.3) is 0 Å². The SMILES string of the molecule is Cc1ccccc1O[C@H]1CCC[C@H](C(=O)OC(C)C)C1. The van der Waals surface area contributed by atoms with Gasteiger partial charge in [0, 0.05) is 0 Å². The Morgan fingerprint density at radius 3 is 2.70 bits per heavy atom. The number of hydrogen-bond acceptors (Lipinski definition) is 3. The van der Waals surface area contributed by atoms with Gasteiger partial charge in [-0.3, -0.25) is 4.79 Å². The third-order valence-electron chi connectivity index (χ3n) is 3.70. The van der Waals surface area contributed by atoms with Crippen LogP contribution in [0, 0.1) is 12.8 Å². The highest BCUT2D eigenvalue weighted by molar-refractivity contribution is 5.72. The standard InChI is InChI=1S/C17H24O3/c1-12(2)19-17(18)14-8-6-9-15(11-14)20-16-10-5-4-7-13(16)3/h4-5,7,10,12,14-15H,6,8-9,11H2,1-3H3/t14-,15-/m0/s1.